The minimum Gasteiger partial charge on any atom is -0.481 e. The van der Waals surface area contributed by atoms with Gasteiger partial charge in [0, 0.05) is 19.0 Å². The van der Waals surface area contributed by atoms with Gasteiger partial charge in [0.2, 0.25) is 5.91 Å². The quantitative estimate of drug-likeness (QED) is 0.743. The Hall–Kier alpha value is -1.32. The second-order valence-corrected chi connectivity index (χ2v) is 4.92. The van der Waals surface area contributed by atoms with Crippen LogP contribution in [-0.2, 0) is 9.59 Å². The van der Waals surface area contributed by atoms with E-state index < -0.39 is 5.97 Å². The molecule has 94 valence electrons. The van der Waals surface area contributed by atoms with Gasteiger partial charge in [-0.15, -0.1) is 0 Å². The zero-order chi connectivity index (χ0) is 12.3. The normalized spacial score (nSPS) is 25.9. The van der Waals surface area contributed by atoms with E-state index in [0.717, 1.165) is 19.3 Å². The van der Waals surface area contributed by atoms with Gasteiger partial charge < -0.3 is 10.0 Å². The summed E-state index contributed by atoms with van der Waals surface area (Å²) < 4.78 is 0. The highest BCUT2D eigenvalue weighted by Gasteiger charge is 2.30. The Balaban J connectivity index is 1.85. The highest BCUT2D eigenvalue weighted by atomic mass is 16.4. The molecule has 0 aromatic carbocycles. The van der Waals surface area contributed by atoms with E-state index in [2.05, 4.69) is 12.2 Å². The molecule has 0 saturated carbocycles. The van der Waals surface area contributed by atoms with E-state index in [0.29, 0.717) is 25.9 Å². The summed E-state index contributed by atoms with van der Waals surface area (Å²) in [4.78, 5) is 24.8. The number of hydrogen-bond donors (Lipinski definition) is 1. The van der Waals surface area contributed by atoms with Crippen molar-refractivity contribution in [1.82, 2.24) is 4.90 Å². The molecule has 1 heterocycles. The van der Waals surface area contributed by atoms with Crippen LogP contribution in [0, 0.1) is 11.8 Å². The zero-order valence-corrected chi connectivity index (χ0v) is 9.97. The Morgan fingerprint density at radius 3 is 2.29 bits per heavy atom. The number of nitrogens with zero attached hydrogens (tertiary/aromatic N) is 1. The van der Waals surface area contributed by atoms with Crippen molar-refractivity contribution < 1.29 is 14.7 Å². The van der Waals surface area contributed by atoms with Gasteiger partial charge in [-0.25, -0.2) is 0 Å². The number of likely N-dealkylation sites (tertiary alicyclic amines) is 1. The van der Waals surface area contributed by atoms with Crippen LogP contribution in [0.1, 0.15) is 32.1 Å². The van der Waals surface area contributed by atoms with Crippen LogP contribution >= 0.6 is 0 Å². The first kappa shape index (κ1) is 12.1. The van der Waals surface area contributed by atoms with Crippen molar-refractivity contribution >= 4 is 11.9 Å². The fourth-order valence-corrected chi connectivity index (χ4v) is 2.62. The summed E-state index contributed by atoms with van der Waals surface area (Å²) in [6, 6.07) is 0. The molecule has 0 spiro atoms. The lowest BCUT2D eigenvalue weighted by Gasteiger charge is -2.33. The zero-order valence-electron chi connectivity index (χ0n) is 9.97. The van der Waals surface area contributed by atoms with E-state index in [1.54, 1.807) is 0 Å². The smallest absolute Gasteiger partial charge is 0.306 e. The molecular formula is C13H19NO3. The van der Waals surface area contributed by atoms with E-state index in [4.69, 9.17) is 5.11 Å². The first-order valence-electron chi connectivity index (χ1n) is 6.35. The standard InChI is InChI=1S/C13H19NO3/c15-12(10-4-2-1-3-5-10)14-8-6-11(7-9-14)13(16)17/h1-2,10-11H,3-9H2,(H,16,17)/t10-/m0/s1. The Morgan fingerprint density at radius 2 is 1.76 bits per heavy atom. The largest absolute Gasteiger partial charge is 0.481 e. The van der Waals surface area contributed by atoms with Gasteiger partial charge in [-0.05, 0) is 32.1 Å². The molecule has 1 fully saturated rings. The number of rotatable bonds is 2. The van der Waals surface area contributed by atoms with Crippen LogP contribution < -0.4 is 0 Å². The second kappa shape index (κ2) is 5.34. The van der Waals surface area contributed by atoms with Crippen LogP contribution in [0.5, 0.6) is 0 Å². The lowest BCUT2D eigenvalue weighted by atomic mass is 9.91. The molecule has 1 amide bonds. The highest BCUT2D eigenvalue weighted by Crippen LogP contribution is 2.24. The van der Waals surface area contributed by atoms with Gasteiger partial charge in [0.05, 0.1) is 5.92 Å². The van der Waals surface area contributed by atoms with Crippen molar-refractivity contribution in [2.24, 2.45) is 11.8 Å². The van der Waals surface area contributed by atoms with Crippen LogP contribution in [0.4, 0.5) is 0 Å². The lowest BCUT2D eigenvalue weighted by molar-refractivity contribution is -0.146. The summed E-state index contributed by atoms with van der Waals surface area (Å²) >= 11 is 0. The average molecular weight is 237 g/mol. The minimum atomic E-state index is -0.724. The summed E-state index contributed by atoms with van der Waals surface area (Å²) in [6.45, 7) is 1.21. The summed E-state index contributed by atoms with van der Waals surface area (Å²) in [6.07, 6.45) is 8.18. The summed E-state index contributed by atoms with van der Waals surface area (Å²) in [5.41, 5.74) is 0. The van der Waals surface area contributed by atoms with Crippen molar-refractivity contribution in [3.8, 4) is 0 Å². The number of piperidine rings is 1. The molecule has 1 saturated heterocycles. The Bertz CT molecular complexity index is 330. The molecular weight excluding hydrogens is 218 g/mol. The first-order valence-corrected chi connectivity index (χ1v) is 6.35. The van der Waals surface area contributed by atoms with E-state index in [1.165, 1.54) is 0 Å². The molecule has 17 heavy (non-hydrogen) atoms. The molecule has 0 bridgehead atoms. The molecule has 1 N–H and O–H groups in total. The van der Waals surface area contributed by atoms with Crippen molar-refractivity contribution in [3.05, 3.63) is 12.2 Å². The number of carboxylic acids is 1. The van der Waals surface area contributed by atoms with Gasteiger partial charge in [0.1, 0.15) is 0 Å². The van der Waals surface area contributed by atoms with Crippen molar-refractivity contribution in [1.29, 1.82) is 0 Å². The third-order valence-corrected chi connectivity index (χ3v) is 3.77. The molecule has 2 aliphatic rings. The van der Waals surface area contributed by atoms with Crippen molar-refractivity contribution in [2.75, 3.05) is 13.1 Å². The van der Waals surface area contributed by atoms with Crippen LogP contribution in [0.2, 0.25) is 0 Å². The number of amides is 1. The fourth-order valence-electron chi connectivity index (χ4n) is 2.62. The maximum Gasteiger partial charge on any atom is 0.306 e. The Kier molecular flexibility index (Phi) is 3.82. The molecule has 2 rings (SSSR count). The van der Waals surface area contributed by atoms with Gasteiger partial charge in [-0.3, -0.25) is 9.59 Å². The minimum absolute atomic E-state index is 0.126. The highest BCUT2D eigenvalue weighted by molar-refractivity contribution is 5.79. The summed E-state index contributed by atoms with van der Waals surface area (Å²) in [7, 11) is 0. The lowest BCUT2D eigenvalue weighted by Crippen LogP contribution is -2.43. The number of allylic oxidation sites excluding steroid dienone is 2. The number of aliphatic carboxylic acids is 1. The van der Waals surface area contributed by atoms with Crippen LogP contribution in [0.25, 0.3) is 0 Å². The molecule has 4 heteroatoms. The third-order valence-electron chi connectivity index (χ3n) is 3.77. The molecule has 1 aliphatic carbocycles. The van der Waals surface area contributed by atoms with Crippen LogP contribution in [-0.4, -0.2) is 35.0 Å². The number of carboxylic acid groups (broad SMARTS) is 1. The van der Waals surface area contributed by atoms with Gasteiger partial charge in [0.15, 0.2) is 0 Å². The van der Waals surface area contributed by atoms with Gasteiger partial charge >= 0.3 is 5.97 Å². The first-order chi connectivity index (χ1) is 8.18. The van der Waals surface area contributed by atoms with Crippen molar-refractivity contribution in [3.63, 3.8) is 0 Å². The summed E-state index contributed by atoms with van der Waals surface area (Å²) in [5, 5.41) is 8.90. The number of hydrogen-bond acceptors (Lipinski definition) is 2. The third kappa shape index (κ3) is 2.87. The molecule has 0 unspecified atom stereocenters. The Morgan fingerprint density at radius 1 is 1.06 bits per heavy atom. The monoisotopic (exact) mass is 237 g/mol. The molecule has 1 atom stereocenters. The molecule has 1 aliphatic heterocycles. The van der Waals surface area contributed by atoms with E-state index >= 15 is 0 Å². The second-order valence-electron chi connectivity index (χ2n) is 4.92. The Labute approximate surface area is 101 Å². The predicted molar refractivity (Wildman–Crippen MR) is 63.4 cm³/mol. The van der Waals surface area contributed by atoms with Crippen LogP contribution in [0.15, 0.2) is 12.2 Å². The van der Waals surface area contributed by atoms with E-state index in [9.17, 15) is 9.59 Å². The van der Waals surface area contributed by atoms with Crippen LogP contribution in [0.3, 0.4) is 0 Å². The average Bonchev–Trinajstić information content (AvgIpc) is 2.39. The van der Waals surface area contributed by atoms with Gasteiger partial charge in [0.25, 0.3) is 0 Å². The van der Waals surface area contributed by atoms with Crippen molar-refractivity contribution in [2.45, 2.75) is 32.1 Å². The SMILES string of the molecule is O=C(O)C1CCN(C(=O)[C@H]2CC=CCC2)CC1. The molecule has 0 aromatic heterocycles. The number of carbonyl (C=O) groups excluding carboxylic acids is 1. The molecule has 0 aromatic rings. The summed E-state index contributed by atoms with van der Waals surface area (Å²) in [5.74, 6) is -0.637. The number of carbonyl (C=O) groups is 2. The van der Waals surface area contributed by atoms with E-state index in [1.807, 2.05) is 4.90 Å². The maximum atomic E-state index is 12.2. The fraction of sp³-hybridized carbons (Fsp3) is 0.692. The van der Waals surface area contributed by atoms with Gasteiger partial charge in [-0.1, -0.05) is 12.2 Å². The predicted octanol–water partition coefficient (Wildman–Crippen LogP) is 1.67. The molecule has 4 nitrogen and oxygen atoms in total. The van der Waals surface area contributed by atoms with E-state index in [-0.39, 0.29) is 17.7 Å². The van der Waals surface area contributed by atoms with Gasteiger partial charge in [-0.2, -0.15) is 0 Å². The molecule has 0 radical (unpaired) electrons. The topological polar surface area (TPSA) is 57.6 Å². The maximum absolute atomic E-state index is 12.2.